The van der Waals surface area contributed by atoms with E-state index in [1.807, 2.05) is 24.5 Å². The topological polar surface area (TPSA) is 56.8 Å². The first kappa shape index (κ1) is 19.0. The molecule has 5 rings (SSSR count). The van der Waals surface area contributed by atoms with E-state index in [9.17, 15) is 8.78 Å². The van der Waals surface area contributed by atoms with Crippen LogP contribution in [-0.2, 0) is 17.7 Å². The highest BCUT2D eigenvalue weighted by Crippen LogP contribution is 2.37. The fourth-order valence-electron chi connectivity index (χ4n) is 4.40. The van der Waals surface area contributed by atoms with Crippen LogP contribution in [-0.4, -0.2) is 33.3 Å². The maximum absolute atomic E-state index is 14.3. The van der Waals surface area contributed by atoms with E-state index < -0.39 is 12.0 Å². The van der Waals surface area contributed by atoms with E-state index in [0.29, 0.717) is 5.56 Å². The summed E-state index contributed by atoms with van der Waals surface area (Å²) in [5, 5.41) is 8.79. The van der Waals surface area contributed by atoms with Crippen molar-refractivity contribution in [3.8, 4) is 0 Å². The summed E-state index contributed by atoms with van der Waals surface area (Å²) in [5.41, 5.74) is 1.23. The van der Waals surface area contributed by atoms with Crippen LogP contribution in [0.15, 0.2) is 59.8 Å². The Bertz CT molecular complexity index is 1010. The van der Waals surface area contributed by atoms with E-state index in [2.05, 4.69) is 24.7 Å². The highest BCUT2D eigenvalue weighted by Gasteiger charge is 2.32. The van der Waals surface area contributed by atoms with Gasteiger partial charge in [-0.15, -0.1) is 0 Å². The van der Waals surface area contributed by atoms with E-state index in [1.165, 1.54) is 12.1 Å². The van der Waals surface area contributed by atoms with Gasteiger partial charge in [-0.1, -0.05) is 0 Å². The molecule has 0 aliphatic carbocycles. The monoisotopic (exact) mass is 411 g/mol. The van der Waals surface area contributed by atoms with Gasteiger partial charge >= 0.3 is 0 Å². The van der Waals surface area contributed by atoms with Crippen molar-refractivity contribution in [3.05, 3.63) is 77.7 Å². The Kier molecular flexibility index (Phi) is 5.06. The average molecular weight is 411 g/mol. The van der Waals surface area contributed by atoms with Gasteiger partial charge in [0.05, 0.1) is 23.3 Å². The second-order valence-electron chi connectivity index (χ2n) is 7.86. The van der Waals surface area contributed by atoms with Gasteiger partial charge in [-0.3, -0.25) is 0 Å². The lowest BCUT2D eigenvalue weighted by molar-refractivity contribution is 0.162. The summed E-state index contributed by atoms with van der Waals surface area (Å²) >= 11 is 0. The molecule has 0 saturated carbocycles. The summed E-state index contributed by atoms with van der Waals surface area (Å²) in [6.45, 7) is 1.67. The third-order valence-corrected chi connectivity index (χ3v) is 5.93. The number of allylic oxidation sites excluding steroid dienone is 1. The van der Waals surface area contributed by atoms with Crippen molar-refractivity contribution >= 4 is 0 Å². The molecule has 2 unspecified atom stereocenters. The third-order valence-electron chi connectivity index (χ3n) is 5.93. The Hall–Kier alpha value is -3.03. The van der Waals surface area contributed by atoms with E-state index >= 15 is 0 Å². The minimum Gasteiger partial charge on any atom is -0.464 e. The molecule has 1 saturated heterocycles. The molecule has 3 atom stereocenters. The number of rotatable bonds is 4. The number of benzene rings is 1. The van der Waals surface area contributed by atoms with Gasteiger partial charge in [0.15, 0.2) is 5.11 Å². The van der Waals surface area contributed by atoms with Gasteiger partial charge in [0, 0.05) is 37.5 Å². The standard InChI is InChI=1S/C22H23F2N5O/c23-15-3-5-19(24)18(12-15)20-2-1-9-29(20)17-4-6-22(30-14-17)27-26-16-7-10-28-11-8-25-21(28)13-16/h3-6,8,11-12,14,16,20,22H,1-2,7,9-10,13H2/q+1/t16?,20-,22?/m1/s1. The highest BCUT2D eigenvalue weighted by molar-refractivity contribution is 5.28. The molecule has 0 N–H and O–H groups in total. The maximum Gasteiger partial charge on any atom is 0.274 e. The lowest BCUT2D eigenvalue weighted by atomic mass is 10.0. The Labute approximate surface area is 173 Å². The van der Waals surface area contributed by atoms with Crippen molar-refractivity contribution in [2.24, 2.45) is 5.11 Å². The number of fused-ring (bicyclic) bond motifs is 1. The Morgan fingerprint density at radius 3 is 3.00 bits per heavy atom. The maximum atomic E-state index is 14.3. The van der Waals surface area contributed by atoms with Crippen molar-refractivity contribution in [2.45, 2.75) is 50.5 Å². The van der Waals surface area contributed by atoms with Crippen LogP contribution >= 0.6 is 0 Å². The first-order valence-electron chi connectivity index (χ1n) is 10.3. The molecule has 3 aliphatic heterocycles. The predicted molar refractivity (Wildman–Crippen MR) is 106 cm³/mol. The largest absolute Gasteiger partial charge is 0.464 e. The zero-order valence-electron chi connectivity index (χ0n) is 16.5. The van der Waals surface area contributed by atoms with Crippen LogP contribution in [0.5, 0.6) is 0 Å². The zero-order valence-corrected chi connectivity index (χ0v) is 16.5. The number of ether oxygens (including phenoxy) is 1. The summed E-state index contributed by atoms with van der Waals surface area (Å²) in [4.78, 5) is 6.41. The molecule has 8 heteroatoms. The summed E-state index contributed by atoms with van der Waals surface area (Å²) < 4.78 is 35.8. The molecule has 1 radical (unpaired) electrons. The molecule has 0 spiro atoms. The molecule has 155 valence electrons. The number of aryl methyl sites for hydroxylation is 1. The van der Waals surface area contributed by atoms with Gasteiger partial charge in [0.2, 0.25) is 0 Å². The fraction of sp³-hybridized carbons (Fsp3) is 0.409. The molecular weight excluding hydrogens is 388 g/mol. The van der Waals surface area contributed by atoms with Gasteiger partial charge < -0.3 is 14.2 Å². The minimum atomic E-state index is -0.470. The molecule has 6 nitrogen and oxygen atoms in total. The van der Waals surface area contributed by atoms with Gasteiger partial charge in [0.25, 0.3) is 12.3 Å². The predicted octanol–water partition coefficient (Wildman–Crippen LogP) is 3.86. The van der Waals surface area contributed by atoms with Crippen molar-refractivity contribution < 1.29 is 13.5 Å². The minimum absolute atomic E-state index is 0.112. The summed E-state index contributed by atoms with van der Waals surface area (Å²) in [6.07, 6.45) is 12.1. The van der Waals surface area contributed by atoms with Crippen LogP contribution < -0.4 is 5.11 Å². The number of imidazole rings is 1. The summed E-state index contributed by atoms with van der Waals surface area (Å²) in [7, 11) is 0. The number of hydrogen-bond donors (Lipinski definition) is 0. The molecule has 30 heavy (non-hydrogen) atoms. The first-order chi connectivity index (χ1) is 14.7. The molecule has 0 amide bonds. The van der Waals surface area contributed by atoms with Crippen molar-refractivity contribution in [1.82, 2.24) is 19.6 Å². The fourth-order valence-corrected chi connectivity index (χ4v) is 4.40. The number of halogens is 2. The summed E-state index contributed by atoms with van der Waals surface area (Å²) in [6, 6.07) is 3.54. The lowest BCUT2D eigenvalue weighted by Crippen LogP contribution is -2.28. The van der Waals surface area contributed by atoms with E-state index in [0.717, 1.165) is 56.4 Å². The van der Waals surface area contributed by atoms with Gasteiger partial charge in [-0.25, -0.2) is 13.8 Å². The smallest absolute Gasteiger partial charge is 0.274 e. The second kappa shape index (κ2) is 8.01. The van der Waals surface area contributed by atoms with E-state index in [4.69, 9.17) is 4.74 Å². The van der Waals surface area contributed by atoms with Crippen molar-refractivity contribution in [3.63, 3.8) is 0 Å². The number of azo groups is 1. The number of hydrogen-bond acceptors (Lipinski definition) is 5. The normalized spacial score (nSPS) is 26.0. The van der Waals surface area contributed by atoms with Crippen LogP contribution in [0, 0.1) is 11.6 Å². The van der Waals surface area contributed by atoms with E-state index in [1.54, 1.807) is 6.26 Å². The van der Waals surface area contributed by atoms with Crippen molar-refractivity contribution in [1.29, 1.82) is 0 Å². The van der Waals surface area contributed by atoms with Crippen LogP contribution in [0.2, 0.25) is 0 Å². The van der Waals surface area contributed by atoms with Gasteiger partial charge in [0.1, 0.15) is 23.7 Å². The molecule has 0 bridgehead atoms. The Morgan fingerprint density at radius 1 is 1.20 bits per heavy atom. The van der Waals surface area contributed by atoms with Crippen LogP contribution in [0.3, 0.4) is 0 Å². The average Bonchev–Trinajstić information content (AvgIpc) is 3.43. The molecule has 3 aliphatic rings. The van der Waals surface area contributed by atoms with Gasteiger partial charge in [-0.05, 0) is 43.2 Å². The van der Waals surface area contributed by atoms with Gasteiger partial charge in [-0.2, -0.15) is 0 Å². The molecule has 1 aromatic carbocycles. The number of aromatic nitrogens is 2. The Balaban J connectivity index is 1.23. The van der Waals surface area contributed by atoms with Crippen LogP contribution in [0.1, 0.15) is 36.7 Å². The van der Waals surface area contributed by atoms with Crippen molar-refractivity contribution in [2.75, 3.05) is 6.54 Å². The molecule has 2 aromatic rings. The zero-order chi connectivity index (χ0) is 20.5. The SMILES string of the molecule is Fc1ccc(F)c([C@H]2CCCN2C2=COC(N=[N+]C3CCn4ccnc4C3)C=C2)c1. The quantitative estimate of drug-likeness (QED) is 0.718. The third kappa shape index (κ3) is 3.74. The van der Waals surface area contributed by atoms with E-state index in [-0.39, 0.29) is 17.9 Å². The number of nitrogens with zero attached hydrogens (tertiary/aromatic N) is 5. The molecule has 4 heterocycles. The summed E-state index contributed by atoms with van der Waals surface area (Å²) in [5.74, 6) is 0.236. The van der Waals surface area contributed by atoms with Crippen LogP contribution in [0.4, 0.5) is 8.78 Å². The lowest BCUT2D eigenvalue weighted by Gasteiger charge is -2.29. The Morgan fingerprint density at radius 2 is 2.13 bits per heavy atom. The van der Waals surface area contributed by atoms with Crippen LogP contribution in [0.25, 0.3) is 0 Å². The molecular formula is C22H23F2N5O+. The highest BCUT2D eigenvalue weighted by atomic mass is 19.1. The second-order valence-corrected chi connectivity index (χ2v) is 7.86. The number of likely N-dealkylation sites (tertiary alicyclic amines) is 1. The molecule has 1 fully saturated rings. The molecule has 1 aromatic heterocycles. The first-order valence-corrected chi connectivity index (χ1v) is 10.3.